The summed E-state index contributed by atoms with van der Waals surface area (Å²) in [7, 11) is 0. The monoisotopic (exact) mass is 286 g/mol. The fraction of sp³-hybridized carbons (Fsp3) is 0.333. The summed E-state index contributed by atoms with van der Waals surface area (Å²) in [6, 6.07) is 10.2. The number of hydrogen-bond donors (Lipinski definition) is 3. The van der Waals surface area contributed by atoms with E-state index in [0.717, 1.165) is 24.1 Å². The fourth-order valence-corrected chi connectivity index (χ4v) is 2.35. The first-order chi connectivity index (χ1) is 10.3. The zero-order chi connectivity index (χ0) is 14.5. The first-order valence-corrected chi connectivity index (χ1v) is 7.02. The molecule has 3 N–H and O–H groups in total. The normalized spacial score (nSPS) is 20.4. The van der Waals surface area contributed by atoms with Crippen LogP contribution in [0.2, 0.25) is 0 Å². The Bertz CT molecular complexity index is 565. The minimum atomic E-state index is -0.356. The van der Waals surface area contributed by atoms with Crippen LogP contribution in [0, 0.1) is 0 Å². The molecule has 21 heavy (non-hydrogen) atoms. The largest absolute Gasteiger partial charge is 0.445 e. The number of ether oxygens (including phenoxy) is 1. The van der Waals surface area contributed by atoms with E-state index in [9.17, 15) is 4.79 Å². The van der Waals surface area contributed by atoms with Crippen LogP contribution in [-0.2, 0) is 11.3 Å². The molecule has 6 heteroatoms. The quantitative estimate of drug-likeness (QED) is 0.788. The van der Waals surface area contributed by atoms with E-state index >= 15 is 0 Å². The number of aromatic nitrogens is 2. The average Bonchev–Trinajstić information content (AvgIpc) is 2.97. The molecule has 1 aromatic heterocycles. The fourth-order valence-electron chi connectivity index (χ4n) is 2.35. The van der Waals surface area contributed by atoms with Gasteiger partial charge in [-0.2, -0.15) is 5.10 Å². The predicted molar refractivity (Wildman–Crippen MR) is 78.8 cm³/mol. The van der Waals surface area contributed by atoms with Gasteiger partial charge in [0.05, 0.1) is 11.9 Å². The lowest BCUT2D eigenvalue weighted by Crippen LogP contribution is -2.49. The summed E-state index contributed by atoms with van der Waals surface area (Å²) in [5.41, 5.74) is 1.96. The molecule has 0 bridgehead atoms. The maximum absolute atomic E-state index is 11.7. The van der Waals surface area contributed by atoms with Crippen molar-refractivity contribution in [2.75, 3.05) is 5.32 Å². The number of nitrogens with one attached hydrogen (secondary N) is 3. The van der Waals surface area contributed by atoms with Crippen LogP contribution >= 0.6 is 0 Å². The van der Waals surface area contributed by atoms with Crippen molar-refractivity contribution >= 4 is 11.8 Å². The smallest absolute Gasteiger partial charge is 0.407 e. The second-order valence-corrected chi connectivity index (χ2v) is 5.20. The third-order valence-corrected chi connectivity index (χ3v) is 3.54. The first kappa shape index (κ1) is 13.5. The van der Waals surface area contributed by atoms with Gasteiger partial charge in [-0.3, -0.25) is 5.10 Å². The van der Waals surface area contributed by atoms with Gasteiger partial charge < -0.3 is 15.4 Å². The minimum absolute atomic E-state index is 0.178. The van der Waals surface area contributed by atoms with Crippen molar-refractivity contribution in [1.82, 2.24) is 15.5 Å². The van der Waals surface area contributed by atoms with Crippen molar-refractivity contribution in [2.24, 2.45) is 0 Å². The number of carbonyl (C=O) groups excluding carboxylic acids is 1. The summed E-state index contributed by atoms with van der Waals surface area (Å²) >= 11 is 0. The lowest BCUT2D eigenvalue weighted by molar-refractivity contribution is 0.129. The summed E-state index contributed by atoms with van der Waals surface area (Å²) in [5, 5.41) is 12.8. The van der Waals surface area contributed by atoms with Crippen LogP contribution in [0.15, 0.2) is 42.7 Å². The molecule has 1 saturated carbocycles. The summed E-state index contributed by atoms with van der Waals surface area (Å²) in [4.78, 5) is 11.7. The molecule has 0 atom stereocenters. The van der Waals surface area contributed by atoms with Gasteiger partial charge in [0, 0.05) is 18.3 Å². The second-order valence-electron chi connectivity index (χ2n) is 5.20. The first-order valence-electron chi connectivity index (χ1n) is 7.02. The third kappa shape index (κ3) is 3.75. The molecule has 0 aliphatic heterocycles. The molecule has 6 nitrogen and oxygen atoms in total. The zero-order valence-corrected chi connectivity index (χ0v) is 11.6. The molecule has 110 valence electrons. The number of anilines is 1. The van der Waals surface area contributed by atoms with E-state index in [-0.39, 0.29) is 12.1 Å². The summed E-state index contributed by atoms with van der Waals surface area (Å²) in [6.45, 7) is 0.302. The van der Waals surface area contributed by atoms with Gasteiger partial charge in [-0.1, -0.05) is 30.3 Å². The van der Waals surface area contributed by atoms with Gasteiger partial charge in [-0.25, -0.2) is 4.79 Å². The molecule has 1 aromatic carbocycles. The molecule has 1 aliphatic rings. The molecular weight excluding hydrogens is 268 g/mol. The van der Waals surface area contributed by atoms with E-state index in [1.54, 1.807) is 6.20 Å². The van der Waals surface area contributed by atoms with Gasteiger partial charge in [0.15, 0.2) is 0 Å². The summed E-state index contributed by atoms with van der Waals surface area (Å²) < 4.78 is 5.19. The number of hydrogen-bond acceptors (Lipinski definition) is 4. The Morgan fingerprint density at radius 2 is 2.10 bits per heavy atom. The number of nitrogens with zero attached hydrogens (tertiary/aromatic N) is 1. The molecule has 3 rings (SSSR count). The van der Waals surface area contributed by atoms with Crippen molar-refractivity contribution in [3.8, 4) is 0 Å². The van der Waals surface area contributed by atoms with E-state index in [0.29, 0.717) is 12.6 Å². The van der Waals surface area contributed by atoms with Crippen LogP contribution < -0.4 is 10.6 Å². The van der Waals surface area contributed by atoms with Crippen LogP contribution in [0.25, 0.3) is 0 Å². The molecule has 1 heterocycles. The Morgan fingerprint density at radius 3 is 2.81 bits per heavy atom. The number of H-pyrrole nitrogens is 1. The van der Waals surface area contributed by atoms with Crippen LogP contribution in [0.5, 0.6) is 0 Å². The van der Waals surface area contributed by atoms with Crippen LogP contribution in [-0.4, -0.2) is 28.4 Å². The zero-order valence-electron chi connectivity index (χ0n) is 11.6. The van der Waals surface area contributed by atoms with Crippen molar-refractivity contribution in [1.29, 1.82) is 0 Å². The van der Waals surface area contributed by atoms with Crippen LogP contribution in [0.1, 0.15) is 18.4 Å². The number of carbonyl (C=O) groups is 1. The van der Waals surface area contributed by atoms with Gasteiger partial charge in [0.1, 0.15) is 6.61 Å². The maximum Gasteiger partial charge on any atom is 0.407 e. The molecule has 1 fully saturated rings. The number of alkyl carbamates (subject to hydrolysis) is 1. The third-order valence-electron chi connectivity index (χ3n) is 3.54. The summed E-state index contributed by atoms with van der Waals surface area (Å²) in [5.74, 6) is 0. The Morgan fingerprint density at radius 1 is 1.29 bits per heavy atom. The lowest BCUT2D eigenvalue weighted by Gasteiger charge is -2.36. The van der Waals surface area contributed by atoms with Crippen LogP contribution in [0.4, 0.5) is 10.5 Å². The number of rotatable bonds is 5. The highest BCUT2D eigenvalue weighted by molar-refractivity contribution is 5.67. The molecular formula is C15H18N4O2. The Labute approximate surface area is 122 Å². The SMILES string of the molecule is O=C(NC1CC(Nc2cn[nH]c2)C1)OCc1ccccc1. The topological polar surface area (TPSA) is 79.0 Å². The lowest BCUT2D eigenvalue weighted by atomic mass is 9.87. The highest BCUT2D eigenvalue weighted by Crippen LogP contribution is 2.23. The van der Waals surface area contributed by atoms with Crippen molar-refractivity contribution in [3.05, 3.63) is 48.3 Å². The second kappa shape index (κ2) is 6.30. The number of aromatic amines is 1. The molecule has 2 aromatic rings. The molecule has 0 spiro atoms. The Kier molecular flexibility index (Phi) is 4.04. The van der Waals surface area contributed by atoms with E-state index in [2.05, 4.69) is 20.8 Å². The Hall–Kier alpha value is -2.50. The van der Waals surface area contributed by atoms with Gasteiger partial charge in [0.2, 0.25) is 0 Å². The van der Waals surface area contributed by atoms with E-state index in [1.165, 1.54) is 0 Å². The van der Waals surface area contributed by atoms with Gasteiger partial charge in [0.25, 0.3) is 0 Å². The summed E-state index contributed by atoms with van der Waals surface area (Å²) in [6.07, 6.45) is 4.99. The number of amides is 1. The molecule has 0 saturated heterocycles. The van der Waals surface area contributed by atoms with Crippen molar-refractivity contribution in [2.45, 2.75) is 31.5 Å². The molecule has 0 unspecified atom stereocenters. The van der Waals surface area contributed by atoms with E-state index < -0.39 is 0 Å². The number of benzene rings is 1. The Balaban J connectivity index is 1.34. The average molecular weight is 286 g/mol. The van der Waals surface area contributed by atoms with Gasteiger partial charge >= 0.3 is 6.09 Å². The van der Waals surface area contributed by atoms with E-state index in [4.69, 9.17) is 4.74 Å². The van der Waals surface area contributed by atoms with Crippen LogP contribution in [0.3, 0.4) is 0 Å². The minimum Gasteiger partial charge on any atom is -0.445 e. The molecule has 0 radical (unpaired) electrons. The van der Waals surface area contributed by atoms with Gasteiger partial charge in [-0.15, -0.1) is 0 Å². The highest BCUT2D eigenvalue weighted by Gasteiger charge is 2.30. The van der Waals surface area contributed by atoms with E-state index in [1.807, 2.05) is 36.5 Å². The van der Waals surface area contributed by atoms with Gasteiger partial charge in [-0.05, 0) is 18.4 Å². The highest BCUT2D eigenvalue weighted by atomic mass is 16.5. The standard InChI is InChI=1S/C15H18N4O2/c20-15(21-10-11-4-2-1-3-5-11)19-13-6-12(7-13)18-14-8-16-17-9-14/h1-5,8-9,12-13,18H,6-7,10H2,(H,16,17)(H,19,20). The molecule has 1 amide bonds. The molecule has 1 aliphatic carbocycles. The maximum atomic E-state index is 11.7. The van der Waals surface area contributed by atoms with Crippen molar-refractivity contribution < 1.29 is 9.53 Å². The predicted octanol–water partition coefficient (Wildman–Crippen LogP) is 2.28. The van der Waals surface area contributed by atoms with Crippen molar-refractivity contribution in [3.63, 3.8) is 0 Å².